The van der Waals surface area contributed by atoms with Crippen LogP contribution in [0.15, 0.2) is 71.6 Å². The Balaban J connectivity index is 1.72. The van der Waals surface area contributed by atoms with E-state index in [1.165, 1.54) is 26.4 Å². The first-order valence-corrected chi connectivity index (χ1v) is 12.1. The SMILES string of the molecule is COc1ccc(NS(=O)(=O)c2cc(NC(=O)COc3cccc(C(C)C)c3)ccc2OC)cc1. The molecule has 0 unspecified atom stereocenters. The monoisotopic (exact) mass is 484 g/mol. The van der Waals surface area contributed by atoms with Gasteiger partial charge in [-0.05, 0) is 66.1 Å². The summed E-state index contributed by atoms with van der Waals surface area (Å²) in [7, 11) is -1.10. The van der Waals surface area contributed by atoms with Gasteiger partial charge in [-0.3, -0.25) is 9.52 Å². The fourth-order valence-electron chi connectivity index (χ4n) is 3.14. The summed E-state index contributed by atoms with van der Waals surface area (Å²) in [4.78, 5) is 12.3. The van der Waals surface area contributed by atoms with Gasteiger partial charge >= 0.3 is 0 Å². The summed E-state index contributed by atoms with van der Waals surface area (Å²) in [6.07, 6.45) is 0. The Bertz CT molecular complexity index is 1240. The molecule has 3 rings (SSSR count). The Morgan fingerprint density at radius 1 is 0.882 bits per heavy atom. The van der Waals surface area contributed by atoms with Crippen LogP contribution < -0.4 is 24.2 Å². The van der Waals surface area contributed by atoms with Crippen LogP contribution in [0, 0.1) is 0 Å². The van der Waals surface area contributed by atoms with Gasteiger partial charge in [0, 0.05) is 11.4 Å². The van der Waals surface area contributed by atoms with Crippen LogP contribution in [0.4, 0.5) is 11.4 Å². The first-order chi connectivity index (χ1) is 16.2. The summed E-state index contributed by atoms with van der Waals surface area (Å²) in [5.74, 6) is 1.24. The molecule has 0 aromatic heterocycles. The summed E-state index contributed by atoms with van der Waals surface area (Å²) in [6, 6.07) is 18.4. The van der Waals surface area contributed by atoms with E-state index >= 15 is 0 Å². The standard InChI is InChI=1S/C25H28N2O6S/c1-17(2)18-6-5-7-22(14-18)33-16-25(28)26-20-10-13-23(32-4)24(15-20)34(29,30)27-19-8-11-21(31-3)12-9-19/h5-15,17,27H,16H2,1-4H3,(H,26,28). The average Bonchev–Trinajstić information content (AvgIpc) is 2.83. The molecule has 3 aromatic carbocycles. The first-order valence-electron chi connectivity index (χ1n) is 10.6. The van der Waals surface area contributed by atoms with Gasteiger partial charge in [0.25, 0.3) is 15.9 Å². The largest absolute Gasteiger partial charge is 0.497 e. The van der Waals surface area contributed by atoms with E-state index in [1.54, 1.807) is 36.4 Å². The van der Waals surface area contributed by atoms with E-state index in [0.29, 0.717) is 28.8 Å². The van der Waals surface area contributed by atoms with Crippen LogP contribution >= 0.6 is 0 Å². The number of carbonyl (C=O) groups excluding carboxylic acids is 1. The Hall–Kier alpha value is -3.72. The highest BCUT2D eigenvalue weighted by atomic mass is 32.2. The minimum Gasteiger partial charge on any atom is -0.497 e. The van der Waals surface area contributed by atoms with Crippen LogP contribution in [-0.4, -0.2) is 35.2 Å². The lowest BCUT2D eigenvalue weighted by molar-refractivity contribution is -0.118. The summed E-state index contributed by atoms with van der Waals surface area (Å²) in [5, 5.41) is 2.66. The van der Waals surface area contributed by atoms with Crippen molar-refractivity contribution in [1.29, 1.82) is 0 Å². The molecule has 1 amide bonds. The van der Waals surface area contributed by atoms with Gasteiger partial charge < -0.3 is 19.5 Å². The molecule has 180 valence electrons. The maximum absolute atomic E-state index is 13.0. The van der Waals surface area contributed by atoms with Crippen molar-refractivity contribution in [3.05, 3.63) is 72.3 Å². The Labute approximate surface area is 199 Å². The Morgan fingerprint density at radius 3 is 2.24 bits per heavy atom. The normalized spacial score (nSPS) is 11.1. The number of amides is 1. The van der Waals surface area contributed by atoms with Gasteiger partial charge in [-0.2, -0.15) is 0 Å². The summed E-state index contributed by atoms with van der Waals surface area (Å²) < 4.78 is 44.4. The van der Waals surface area contributed by atoms with Crippen LogP contribution in [0.3, 0.4) is 0 Å². The number of benzene rings is 3. The third-order valence-corrected chi connectivity index (χ3v) is 6.38. The van der Waals surface area contributed by atoms with Gasteiger partial charge in [-0.15, -0.1) is 0 Å². The number of rotatable bonds is 10. The number of sulfonamides is 1. The van der Waals surface area contributed by atoms with Crippen molar-refractivity contribution in [2.24, 2.45) is 0 Å². The molecule has 0 saturated heterocycles. The molecule has 0 aliphatic heterocycles. The molecule has 0 aliphatic rings. The van der Waals surface area contributed by atoms with Crippen molar-refractivity contribution in [1.82, 2.24) is 0 Å². The molecule has 0 saturated carbocycles. The molecule has 2 N–H and O–H groups in total. The molecule has 0 heterocycles. The maximum Gasteiger partial charge on any atom is 0.265 e. The van der Waals surface area contributed by atoms with Gasteiger partial charge in [0.05, 0.1) is 14.2 Å². The smallest absolute Gasteiger partial charge is 0.265 e. The lowest BCUT2D eigenvalue weighted by Gasteiger charge is -2.14. The number of nitrogens with one attached hydrogen (secondary N) is 2. The van der Waals surface area contributed by atoms with E-state index in [1.807, 2.05) is 18.2 Å². The number of ether oxygens (including phenoxy) is 3. The number of hydrogen-bond donors (Lipinski definition) is 2. The minimum absolute atomic E-state index is 0.117. The second kappa shape index (κ2) is 10.9. The van der Waals surface area contributed by atoms with Crippen molar-refractivity contribution in [3.63, 3.8) is 0 Å². The average molecular weight is 485 g/mol. The molecular weight excluding hydrogens is 456 g/mol. The Morgan fingerprint density at radius 2 is 1.59 bits per heavy atom. The second-order valence-corrected chi connectivity index (χ2v) is 9.41. The predicted octanol–water partition coefficient (Wildman–Crippen LogP) is 4.65. The lowest BCUT2D eigenvalue weighted by atomic mass is 10.0. The first kappa shape index (κ1) is 24.9. The Kier molecular flexibility index (Phi) is 8.01. The van der Waals surface area contributed by atoms with Gasteiger partial charge in [-0.1, -0.05) is 26.0 Å². The highest BCUT2D eigenvalue weighted by molar-refractivity contribution is 7.92. The van der Waals surface area contributed by atoms with Gasteiger partial charge in [-0.25, -0.2) is 8.42 Å². The van der Waals surface area contributed by atoms with Gasteiger partial charge in [0.1, 0.15) is 22.1 Å². The highest BCUT2D eigenvalue weighted by Crippen LogP contribution is 2.29. The van der Waals surface area contributed by atoms with Crippen molar-refractivity contribution < 1.29 is 27.4 Å². The molecule has 0 aliphatic carbocycles. The molecule has 0 fully saturated rings. The van der Waals surface area contributed by atoms with Crippen molar-refractivity contribution in [2.45, 2.75) is 24.7 Å². The van der Waals surface area contributed by atoms with E-state index in [-0.39, 0.29) is 17.3 Å². The third kappa shape index (κ3) is 6.41. The number of carbonyl (C=O) groups is 1. The summed E-state index contributed by atoms with van der Waals surface area (Å²) in [6.45, 7) is 3.93. The van der Waals surface area contributed by atoms with E-state index < -0.39 is 15.9 Å². The van der Waals surface area contributed by atoms with Crippen molar-refractivity contribution in [2.75, 3.05) is 30.9 Å². The number of methoxy groups -OCH3 is 2. The molecule has 8 nitrogen and oxygen atoms in total. The van der Waals surface area contributed by atoms with E-state index in [4.69, 9.17) is 14.2 Å². The lowest BCUT2D eigenvalue weighted by Crippen LogP contribution is -2.21. The van der Waals surface area contributed by atoms with Gasteiger partial charge in [0.15, 0.2) is 6.61 Å². The molecule has 0 bridgehead atoms. The molecular formula is C25H28N2O6S. The van der Waals surface area contributed by atoms with Crippen LogP contribution in [0.5, 0.6) is 17.2 Å². The second-order valence-electron chi connectivity index (χ2n) is 7.76. The summed E-state index contributed by atoms with van der Waals surface area (Å²) >= 11 is 0. The zero-order valence-corrected chi connectivity index (χ0v) is 20.3. The maximum atomic E-state index is 13.0. The van der Waals surface area contributed by atoms with Crippen LogP contribution in [-0.2, 0) is 14.8 Å². The van der Waals surface area contributed by atoms with E-state index in [0.717, 1.165) is 5.56 Å². The van der Waals surface area contributed by atoms with E-state index in [9.17, 15) is 13.2 Å². The quantitative estimate of drug-likeness (QED) is 0.434. The molecule has 0 spiro atoms. The minimum atomic E-state index is -4.00. The zero-order valence-electron chi connectivity index (χ0n) is 19.5. The van der Waals surface area contributed by atoms with Crippen molar-refractivity contribution in [3.8, 4) is 17.2 Å². The topological polar surface area (TPSA) is 103 Å². The summed E-state index contributed by atoms with van der Waals surface area (Å²) in [5.41, 5.74) is 1.75. The number of anilines is 2. The van der Waals surface area contributed by atoms with Crippen LogP contribution in [0.25, 0.3) is 0 Å². The fraction of sp³-hybridized carbons (Fsp3) is 0.240. The fourth-order valence-corrected chi connectivity index (χ4v) is 4.40. The predicted molar refractivity (Wildman–Crippen MR) is 131 cm³/mol. The molecule has 34 heavy (non-hydrogen) atoms. The molecule has 0 radical (unpaired) electrons. The van der Waals surface area contributed by atoms with Crippen LogP contribution in [0.2, 0.25) is 0 Å². The van der Waals surface area contributed by atoms with E-state index in [2.05, 4.69) is 23.9 Å². The van der Waals surface area contributed by atoms with Crippen LogP contribution in [0.1, 0.15) is 25.3 Å². The van der Waals surface area contributed by atoms with Crippen molar-refractivity contribution >= 4 is 27.3 Å². The van der Waals surface area contributed by atoms with Gasteiger partial charge in [0.2, 0.25) is 0 Å². The zero-order chi connectivity index (χ0) is 24.7. The molecule has 0 atom stereocenters. The molecule has 9 heteroatoms. The number of hydrogen-bond acceptors (Lipinski definition) is 6. The third-order valence-electron chi connectivity index (χ3n) is 4.97. The highest BCUT2D eigenvalue weighted by Gasteiger charge is 2.21. The molecule has 3 aromatic rings.